The Balaban J connectivity index is 1.42. The number of hydrogen-bond acceptors (Lipinski definition) is 5. The van der Waals surface area contributed by atoms with Gasteiger partial charge in [-0.05, 0) is 49.1 Å². The minimum atomic E-state index is -0.130. The van der Waals surface area contributed by atoms with Crippen molar-refractivity contribution >= 4 is 38.2 Å². The highest BCUT2D eigenvalue weighted by Gasteiger charge is 2.30. The lowest BCUT2D eigenvalue weighted by molar-refractivity contribution is -0.0323. The summed E-state index contributed by atoms with van der Waals surface area (Å²) in [6.07, 6.45) is 1.70. The van der Waals surface area contributed by atoms with Crippen LogP contribution in [-0.2, 0) is 11.3 Å². The Kier molecular flexibility index (Phi) is 5.91. The maximum Gasteiger partial charge on any atom is 0.261 e. The van der Waals surface area contributed by atoms with E-state index < -0.39 is 0 Å². The Bertz CT molecular complexity index is 1270. The molecule has 1 aliphatic rings. The normalized spacial score (nSPS) is 17.3. The Morgan fingerprint density at radius 1 is 1.22 bits per heavy atom. The van der Waals surface area contributed by atoms with E-state index in [0.717, 1.165) is 51.1 Å². The van der Waals surface area contributed by atoms with Crippen LogP contribution in [0.2, 0.25) is 0 Å². The summed E-state index contributed by atoms with van der Waals surface area (Å²) in [4.78, 5) is 20.6. The monoisotopic (exact) mass is 445 g/mol. The summed E-state index contributed by atoms with van der Waals surface area (Å²) in [5.74, 6) is -0.0149. The van der Waals surface area contributed by atoms with Gasteiger partial charge in [-0.15, -0.1) is 11.3 Å². The first-order valence-electron chi connectivity index (χ1n) is 11.1. The number of amides is 1. The van der Waals surface area contributed by atoms with Crippen molar-refractivity contribution in [3.05, 3.63) is 76.8 Å². The number of thiophene rings is 1. The highest BCUT2D eigenvalue weighted by Crippen LogP contribution is 2.38. The number of ether oxygens (including phenoxy) is 1. The van der Waals surface area contributed by atoms with Crippen molar-refractivity contribution in [2.75, 3.05) is 19.7 Å². The number of nitrogens with zero attached hydrogens (tertiary/aromatic N) is 2. The number of carbonyl (C=O) groups excluding carboxylic acids is 1. The molecule has 0 unspecified atom stereocenters. The molecule has 0 saturated carbocycles. The summed E-state index contributed by atoms with van der Waals surface area (Å²) in [7, 11) is 0. The molecule has 164 valence electrons. The lowest BCUT2D eigenvalue weighted by atomic mass is 10.0. The molecule has 1 fully saturated rings. The second kappa shape index (κ2) is 8.98. The fourth-order valence-corrected chi connectivity index (χ4v) is 5.54. The summed E-state index contributed by atoms with van der Waals surface area (Å²) in [6, 6.07) is 18.9. The summed E-state index contributed by atoms with van der Waals surface area (Å²) in [5.41, 5.74) is 3.30. The number of pyridine rings is 1. The summed E-state index contributed by atoms with van der Waals surface area (Å²) >= 11 is 1.56. The number of aromatic nitrogens is 1. The largest absolute Gasteiger partial charge is 0.371 e. The van der Waals surface area contributed by atoms with E-state index >= 15 is 0 Å². The van der Waals surface area contributed by atoms with Crippen LogP contribution in [0.3, 0.4) is 0 Å². The SMILES string of the molecule is CC(C)NC(=O)c1sc2ccccc2c1[C@H]1CN(Cc2ccc3ncccc3c2)CCO1. The van der Waals surface area contributed by atoms with Gasteiger partial charge < -0.3 is 10.1 Å². The molecule has 4 aromatic rings. The molecule has 5 nitrogen and oxygen atoms in total. The first-order chi connectivity index (χ1) is 15.6. The van der Waals surface area contributed by atoms with E-state index in [-0.39, 0.29) is 18.1 Å². The molecule has 0 aliphatic carbocycles. The molecule has 0 spiro atoms. The van der Waals surface area contributed by atoms with Crippen molar-refractivity contribution < 1.29 is 9.53 Å². The number of morpholine rings is 1. The molecular weight excluding hydrogens is 418 g/mol. The second-order valence-corrected chi connectivity index (χ2v) is 9.65. The van der Waals surface area contributed by atoms with Gasteiger partial charge in [0.2, 0.25) is 0 Å². The van der Waals surface area contributed by atoms with Gasteiger partial charge in [-0.3, -0.25) is 14.7 Å². The molecule has 1 saturated heterocycles. The highest BCUT2D eigenvalue weighted by molar-refractivity contribution is 7.21. The van der Waals surface area contributed by atoms with E-state index in [1.807, 2.05) is 38.2 Å². The molecule has 0 bridgehead atoms. The maximum atomic E-state index is 13.0. The second-order valence-electron chi connectivity index (χ2n) is 8.59. The lowest BCUT2D eigenvalue weighted by Crippen LogP contribution is -2.38. The summed E-state index contributed by atoms with van der Waals surface area (Å²) < 4.78 is 7.36. The third-order valence-electron chi connectivity index (χ3n) is 5.81. The van der Waals surface area contributed by atoms with Gasteiger partial charge in [-0.25, -0.2) is 0 Å². The van der Waals surface area contributed by atoms with Crippen LogP contribution in [0.25, 0.3) is 21.0 Å². The minimum absolute atomic E-state index is 0.0149. The molecule has 6 heteroatoms. The standard InChI is InChI=1S/C26H27N3O2S/c1-17(2)28-26(30)25-24(20-7-3-4-8-23(20)32-25)22-16-29(12-13-31-22)15-18-9-10-21-19(14-18)6-5-11-27-21/h3-11,14,17,22H,12-13,15-16H2,1-2H3,(H,28,30)/t22-/m1/s1. The molecule has 1 N–H and O–H groups in total. The minimum Gasteiger partial charge on any atom is -0.371 e. The zero-order valence-corrected chi connectivity index (χ0v) is 19.2. The quantitative estimate of drug-likeness (QED) is 0.461. The van der Waals surface area contributed by atoms with E-state index in [4.69, 9.17) is 4.74 Å². The van der Waals surface area contributed by atoms with Crippen LogP contribution in [0.5, 0.6) is 0 Å². The molecule has 1 aliphatic heterocycles. The molecule has 5 rings (SSSR count). The fraction of sp³-hybridized carbons (Fsp3) is 0.308. The zero-order chi connectivity index (χ0) is 22.1. The van der Waals surface area contributed by atoms with Gasteiger partial charge in [-0.2, -0.15) is 0 Å². The van der Waals surface area contributed by atoms with Gasteiger partial charge >= 0.3 is 0 Å². The van der Waals surface area contributed by atoms with Crippen molar-refractivity contribution in [3.63, 3.8) is 0 Å². The topological polar surface area (TPSA) is 54.5 Å². The van der Waals surface area contributed by atoms with Gasteiger partial charge in [0.1, 0.15) is 0 Å². The average molecular weight is 446 g/mol. The molecule has 1 amide bonds. The number of hydrogen-bond donors (Lipinski definition) is 1. The van der Waals surface area contributed by atoms with Crippen LogP contribution in [0.1, 0.15) is 40.8 Å². The van der Waals surface area contributed by atoms with E-state index in [2.05, 4.69) is 51.6 Å². The molecule has 2 aromatic carbocycles. The van der Waals surface area contributed by atoms with Crippen LogP contribution in [-0.4, -0.2) is 41.5 Å². The molecule has 0 radical (unpaired) electrons. The van der Waals surface area contributed by atoms with Gasteiger partial charge in [-0.1, -0.05) is 30.3 Å². The highest BCUT2D eigenvalue weighted by atomic mass is 32.1. The number of nitrogens with one attached hydrogen (secondary N) is 1. The number of benzene rings is 2. The van der Waals surface area contributed by atoms with Crippen LogP contribution in [0.4, 0.5) is 0 Å². The number of fused-ring (bicyclic) bond motifs is 2. The van der Waals surface area contributed by atoms with E-state index in [0.29, 0.717) is 6.61 Å². The van der Waals surface area contributed by atoms with E-state index in [1.165, 1.54) is 5.56 Å². The molecule has 3 heterocycles. The molecule has 2 aromatic heterocycles. The lowest BCUT2D eigenvalue weighted by Gasteiger charge is -2.33. The van der Waals surface area contributed by atoms with Crippen molar-refractivity contribution in [1.82, 2.24) is 15.2 Å². The van der Waals surface area contributed by atoms with Crippen LogP contribution < -0.4 is 5.32 Å². The Morgan fingerprint density at radius 2 is 2.09 bits per heavy atom. The summed E-state index contributed by atoms with van der Waals surface area (Å²) in [6.45, 7) is 7.10. The van der Waals surface area contributed by atoms with Gasteiger partial charge in [0.05, 0.1) is 23.1 Å². The van der Waals surface area contributed by atoms with Gasteiger partial charge in [0.15, 0.2) is 0 Å². The average Bonchev–Trinajstić information content (AvgIpc) is 3.19. The van der Waals surface area contributed by atoms with Crippen molar-refractivity contribution in [2.45, 2.75) is 32.5 Å². The summed E-state index contributed by atoms with van der Waals surface area (Å²) in [5, 5.41) is 5.34. The van der Waals surface area contributed by atoms with Crippen LogP contribution >= 0.6 is 11.3 Å². The van der Waals surface area contributed by atoms with Crippen molar-refractivity contribution in [1.29, 1.82) is 0 Å². The number of carbonyl (C=O) groups is 1. The molecule has 1 atom stereocenters. The van der Waals surface area contributed by atoms with Crippen LogP contribution in [0, 0.1) is 0 Å². The fourth-order valence-electron chi connectivity index (χ4n) is 4.38. The van der Waals surface area contributed by atoms with Crippen molar-refractivity contribution in [3.8, 4) is 0 Å². The van der Waals surface area contributed by atoms with Gasteiger partial charge in [0, 0.05) is 47.5 Å². The Hall–Kier alpha value is -2.80. The van der Waals surface area contributed by atoms with Crippen molar-refractivity contribution in [2.24, 2.45) is 0 Å². The number of rotatable bonds is 5. The predicted octanol–water partition coefficient (Wildman–Crippen LogP) is 5.16. The maximum absolute atomic E-state index is 13.0. The predicted molar refractivity (Wildman–Crippen MR) is 130 cm³/mol. The smallest absolute Gasteiger partial charge is 0.261 e. The third kappa shape index (κ3) is 4.26. The van der Waals surface area contributed by atoms with Crippen LogP contribution in [0.15, 0.2) is 60.8 Å². The van der Waals surface area contributed by atoms with E-state index in [9.17, 15) is 4.79 Å². The third-order valence-corrected chi connectivity index (χ3v) is 6.99. The molecular formula is C26H27N3O2S. The first kappa shape index (κ1) is 21.1. The Morgan fingerprint density at radius 3 is 2.97 bits per heavy atom. The van der Waals surface area contributed by atoms with Gasteiger partial charge in [0.25, 0.3) is 5.91 Å². The van der Waals surface area contributed by atoms with E-state index in [1.54, 1.807) is 11.3 Å². The molecule has 32 heavy (non-hydrogen) atoms. The zero-order valence-electron chi connectivity index (χ0n) is 18.4. The first-order valence-corrected chi connectivity index (χ1v) is 11.9. The Labute approximate surface area is 192 Å².